The highest BCUT2D eigenvalue weighted by molar-refractivity contribution is 14.0. The van der Waals surface area contributed by atoms with Crippen LogP contribution in [-0.4, -0.2) is 35.9 Å². The molecule has 0 saturated carbocycles. The van der Waals surface area contributed by atoms with Crippen LogP contribution in [0.5, 0.6) is 0 Å². The van der Waals surface area contributed by atoms with Gasteiger partial charge in [0.15, 0.2) is 5.96 Å². The van der Waals surface area contributed by atoms with Gasteiger partial charge < -0.3 is 15.4 Å². The summed E-state index contributed by atoms with van der Waals surface area (Å²) >= 11 is 0. The monoisotopic (exact) mass is 485 g/mol. The van der Waals surface area contributed by atoms with Crippen molar-refractivity contribution < 1.29 is 4.74 Å². The van der Waals surface area contributed by atoms with Crippen LogP contribution in [0.4, 0.5) is 0 Å². The van der Waals surface area contributed by atoms with E-state index < -0.39 is 0 Å². The second-order valence-electron chi connectivity index (χ2n) is 6.70. The number of guanidine groups is 1. The molecule has 2 N–H and O–H groups in total. The molecular formula is C20H32IN5O. The number of hydrogen-bond donors (Lipinski definition) is 2. The molecule has 2 rings (SSSR count). The molecule has 1 aromatic heterocycles. The fraction of sp³-hybridized carbons (Fsp3) is 0.500. The van der Waals surface area contributed by atoms with Gasteiger partial charge in [-0.1, -0.05) is 24.3 Å². The number of methoxy groups -OCH3 is 1. The van der Waals surface area contributed by atoms with E-state index in [0.717, 1.165) is 24.6 Å². The molecule has 0 aliphatic rings. The molecule has 0 bridgehead atoms. The van der Waals surface area contributed by atoms with Crippen molar-refractivity contribution in [2.75, 3.05) is 14.2 Å². The average molecular weight is 485 g/mol. The summed E-state index contributed by atoms with van der Waals surface area (Å²) in [4.78, 5) is 4.34. The Hall–Kier alpha value is -1.61. The molecule has 0 amide bonds. The van der Waals surface area contributed by atoms with E-state index in [0.29, 0.717) is 6.61 Å². The molecule has 27 heavy (non-hydrogen) atoms. The van der Waals surface area contributed by atoms with E-state index in [2.05, 4.69) is 65.8 Å². The molecule has 2 aromatic rings. The van der Waals surface area contributed by atoms with Crippen LogP contribution < -0.4 is 10.6 Å². The molecule has 1 unspecified atom stereocenters. The van der Waals surface area contributed by atoms with Gasteiger partial charge in [0.1, 0.15) is 0 Å². The average Bonchev–Trinajstić information content (AvgIpc) is 2.86. The van der Waals surface area contributed by atoms with Gasteiger partial charge >= 0.3 is 0 Å². The van der Waals surface area contributed by atoms with E-state index in [-0.39, 0.29) is 30.0 Å². The van der Waals surface area contributed by atoms with E-state index in [1.807, 2.05) is 11.7 Å². The van der Waals surface area contributed by atoms with Gasteiger partial charge in [-0.25, -0.2) is 0 Å². The first-order valence-corrected chi connectivity index (χ1v) is 8.97. The van der Waals surface area contributed by atoms with Gasteiger partial charge in [0.2, 0.25) is 0 Å². The maximum absolute atomic E-state index is 5.14. The van der Waals surface area contributed by atoms with Crippen molar-refractivity contribution in [1.82, 2.24) is 20.4 Å². The normalized spacial score (nSPS) is 12.4. The van der Waals surface area contributed by atoms with Crippen LogP contribution >= 0.6 is 24.0 Å². The van der Waals surface area contributed by atoms with Crippen molar-refractivity contribution in [3.8, 4) is 0 Å². The standard InChI is InChI=1S/C20H31N5O.HI/c1-14(11-19-15(2)24-25(5)16(19)3)23-20(21-4)22-12-17-7-9-18(10-8-17)13-26-6;/h7-10,14H,11-13H2,1-6H3,(H2,21,22,23);1H. The summed E-state index contributed by atoms with van der Waals surface area (Å²) in [6, 6.07) is 8.66. The second-order valence-corrected chi connectivity index (χ2v) is 6.70. The lowest BCUT2D eigenvalue weighted by Crippen LogP contribution is -2.42. The molecule has 1 aromatic carbocycles. The summed E-state index contributed by atoms with van der Waals surface area (Å²) in [5, 5.41) is 11.3. The molecule has 0 spiro atoms. The Morgan fingerprint density at radius 2 is 1.85 bits per heavy atom. The van der Waals surface area contributed by atoms with Crippen LogP contribution in [0.25, 0.3) is 0 Å². The Bertz CT molecular complexity index is 740. The minimum atomic E-state index is 0. The topological polar surface area (TPSA) is 63.5 Å². The van der Waals surface area contributed by atoms with Crippen molar-refractivity contribution >= 4 is 29.9 Å². The van der Waals surface area contributed by atoms with Crippen LogP contribution in [-0.2, 0) is 31.4 Å². The van der Waals surface area contributed by atoms with Gasteiger partial charge in [-0.3, -0.25) is 9.67 Å². The Balaban J connectivity index is 0.00000364. The zero-order chi connectivity index (χ0) is 19.1. The van der Waals surface area contributed by atoms with Crippen LogP contribution in [0, 0.1) is 13.8 Å². The SMILES string of the molecule is CN=C(NCc1ccc(COC)cc1)NC(C)Cc1c(C)nn(C)c1C.I. The van der Waals surface area contributed by atoms with Gasteiger partial charge in [-0.2, -0.15) is 5.10 Å². The second kappa shape index (κ2) is 11.3. The molecule has 6 nitrogen and oxygen atoms in total. The van der Waals surface area contributed by atoms with Crippen molar-refractivity contribution in [3.05, 3.63) is 52.3 Å². The highest BCUT2D eigenvalue weighted by atomic mass is 127. The van der Waals surface area contributed by atoms with E-state index in [1.165, 1.54) is 22.4 Å². The number of aliphatic imine (C=N–C) groups is 1. The maximum Gasteiger partial charge on any atom is 0.191 e. The summed E-state index contributed by atoms with van der Waals surface area (Å²) in [5.74, 6) is 0.803. The zero-order valence-electron chi connectivity index (χ0n) is 17.2. The van der Waals surface area contributed by atoms with E-state index >= 15 is 0 Å². The van der Waals surface area contributed by atoms with Crippen LogP contribution in [0.1, 0.15) is 35.0 Å². The van der Waals surface area contributed by atoms with E-state index in [9.17, 15) is 0 Å². The Labute approximate surface area is 179 Å². The number of aromatic nitrogens is 2. The molecule has 0 aliphatic heterocycles. The van der Waals surface area contributed by atoms with Crippen molar-refractivity contribution in [1.29, 1.82) is 0 Å². The minimum Gasteiger partial charge on any atom is -0.380 e. The Morgan fingerprint density at radius 1 is 1.22 bits per heavy atom. The quantitative estimate of drug-likeness (QED) is 0.360. The first-order valence-electron chi connectivity index (χ1n) is 8.97. The first kappa shape index (κ1) is 23.4. The predicted molar refractivity (Wildman–Crippen MR) is 122 cm³/mol. The van der Waals surface area contributed by atoms with E-state index in [4.69, 9.17) is 4.74 Å². The summed E-state index contributed by atoms with van der Waals surface area (Å²) in [6.07, 6.45) is 0.915. The first-order chi connectivity index (χ1) is 12.4. The predicted octanol–water partition coefficient (Wildman–Crippen LogP) is 3.10. The summed E-state index contributed by atoms with van der Waals surface area (Å²) < 4.78 is 7.09. The van der Waals surface area contributed by atoms with Crippen LogP contribution in [0.15, 0.2) is 29.3 Å². The number of ether oxygens (including phenoxy) is 1. The fourth-order valence-electron chi connectivity index (χ4n) is 3.00. The lowest BCUT2D eigenvalue weighted by Gasteiger charge is -2.18. The zero-order valence-corrected chi connectivity index (χ0v) is 19.5. The number of aryl methyl sites for hydroxylation is 2. The molecular weight excluding hydrogens is 453 g/mol. The summed E-state index contributed by atoms with van der Waals surface area (Å²) in [7, 11) is 5.49. The number of hydrogen-bond acceptors (Lipinski definition) is 3. The van der Waals surface area contributed by atoms with Crippen molar-refractivity contribution in [2.24, 2.45) is 12.0 Å². The smallest absolute Gasteiger partial charge is 0.191 e. The molecule has 7 heteroatoms. The fourth-order valence-corrected chi connectivity index (χ4v) is 3.00. The highest BCUT2D eigenvalue weighted by Gasteiger charge is 2.14. The van der Waals surface area contributed by atoms with Gasteiger partial charge in [0.05, 0.1) is 12.3 Å². The lowest BCUT2D eigenvalue weighted by atomic mass is 10.1. The lowest BCUT2D eigenvalue weighted by molar-refractivity contribution is 0.185. The minimum absolute atomic E-state index is 0. The molecule has 1 atom stereocenters. The van der Waals surface area contributed by atoms with Gasteiger partial charge in [0, 0.05) is 39.5 Å². The summed E-state index contributed by atoms with van der Waals surface area (Å²) in [5.41, 5.74) is 6.00. The Morgan fingerprint density at radius 3 is 2.37 bits per heavy atom. The molecule has 1 heterocycles. The number of benzene rings is 1. The third-order valence-electron chi connectivity index (χ3n) is 4.57. The number of halogens is 1. The third-order valence-corrected chi connectivity index (χ3v) is 4.57. The molecule has 150 valence electrons. The number of nitrogens with one attached hydrogen (secondary N) is 2. The highest BCUT2D eigenvalue weighted by Crippen LogP contribution is 2.14. The van der Waals surface area contributed by atoms with Crippen molar-refractivity contribution in [2.45, 2.75) is 46.4 Å². The van der Waals surface area contributed by atoms with Crippen molar-refractivity contribution in [3.63, 3.8) is 0 Å². The van der Waals surface area contributed by atoms with Gasteiger partial charge in [-0.05, 0) is 43.9 Å². The molecule has 0 saturated heterocycles. The number of nitrogens with zero attached hydrogens (tertiary/aromatic N) is 3. The van der Waals surface area contributed by atoms with E-state index in [1.54, 1.807) is 14.2 Å². The molecule has 0 radical (unpaired) electrons. The van der Waals surface area contributed by atoms with Gasteiger partial charge in [-0.15, -0.1) is 24.0 Å². The molecule has 0 aliphatic carbocycles. The van der Waals surface area contributed by atoms with Crippen LogP contribution in [0.3, 0.4) is 0 Å². The Kier molecular flexibility index (Phi) is 9.79. The maximum atomic E-state index is 5.14. The summed E-state index contributed by atoms with van der Waals surface area (Å²) in [6.45, 7) is 7.71. The third kappa shape index (κ3) is 6.80. The number of rotatable bonds is 7. The largest absolute Gasteiger partial charge is 0.380 e. The van der Waals surface area contributed by atoms with Gasteiger partial charge in [0.25, 0.3) is 0 Å². The molecule has 0 fully saturated rings. The van der Waals surface area contributed by atoms with Crippen LogP contribution in [0.2, 0.25) is 0 Å².